The fourth-order valence-electron chi connectivity index (χ4n) is 4.89. The normalized spacial score (nSPS) is 42.7. The van der Waals surface area contributed by atoms with E-state index < -0.39 is 11.0 Å². The molecule has 2 aliphatic carbocycles. The predicted molar refractivity (Wildman–Crippen MR) is 74.7 cm³/mol. The molecule has 4 N–H and O–H groups in total. The molecular formula is C16H21NO3. The number of rotatable bonds is 0. The Labute approximate surface area is 118 Å². The van der Waals surface area contributed by atoms with E-state index in [2.05, 4.69) is 5.32 Å². The highest BCUT2D eigenvalue weighted by Crippen LogP contribution is 2.56. The predicted octanol–water partition coefficient (Wildman–Crippen LogP) is 0.824. The zero-order chi connectivity index (χ0) is 14.0. The molecule has 4 heteroatoms. The number of fused-ring (bicyclic) bond motifs is 1. The molecule has 4 rings (SSSR count). The van der Waals surface area contributed by atoms with E-state index in [1.807, 2.05) is 6.07 Å². The van der Waals surface area contributed by atoms with Gasteiger partial charge in [0.1, 0.15) is 5.75 Å². The minimum absolute atomic E-state index is 0.0563. The molecule has 4 nitrogen and oxygen atoms in total. The van der Waals surface area contributed by atoms with Crippen LogP contribution in [0, 0.1) is 0 Å². The van der Waals surface area contributed by atoms with E-state index in [-0.39, 0.29) is 17.9 Å². The number of aromatic hydroxyl groups is 1. The highest BCUT2D eigenvalue weighted by Gasteiger charge is 2.62. The van der Waals surface area contributed by atoms with E-state index >= 15 is 0 Å². The Kier molecular flexibility index (Phi) is 2.50. The summed E-state index contributed by atoms with van der Waals surface area (Å²) >= 11 is 0. The van der Waals surface area contributed by atoms with Crippen LogP contribution in [0.2, 0.25) is 0 Å². The van der Waals surface area contributed by atoms with E-state index in [0.717, 1.165) is 24.9 Å². The highest BCUT2D eigenvalue weighted by atomic mass is 16.3. The van der Waals surface area contributed by atoms with Crippen molar-refractivity contribution in [2.24, 2.45) is 0 Å². The lowest BCUT2D eigenvalue weighted by Gasteiger charge is -2.61. The van der Waals surface area contributed by atoms with Crippen LogP contribution in [-0.4, -0.2) is 39.6 Å². The second-order valence-electron chi connectivity index (χ2n) is 6.71. The number of aliphatic hydroxyl groups is 2. The number of nitrogens with one attached hydrogen (secondary N) is 1. The SMILES string of the molecule is Oc1ccc2c(c1)[C@]13CCN[C@H](C2)[C@]1(O)CCC(O)C3. The number of piperidine rings is 1. The Bertz CT molecular complexity index is 561. The largest absolute Gasteiger partial charge is 0.508 e. The Morgan fingerprint density at radius 2 is 2.10 bits per heavy atom. The topological polar surface area (TPSA) is 72.7 Å². The van der Waals surface area contributed by atoms with Gasteiger partial charge in [0.2, 0.25) is 0 Å². The third-order valence-corrected chi connectivity index (χ3v) is 5.82. The summed E-state index contributed by atoms with van der Waals surface area (Å²) in [7, 11) is 0. The first kappa shape index (κ1) is 12.6. The number of phenols is 1. The van der Waals surface area contributed by atoms with Crippen molar-refractivity contribution in [1.29, 1.82) is 0 Å². The van der Waals surface area contributed by atoms with Crippen LogP contribution in [0.25, 0.3) is 0 Å². The smallest absolute Gasteiger partial charge is 0.115 e. The summed E-state index contributed by atoms with van der Waals surface area (Å²) in [6.45, 7) is 0.856. The lowest BCUT2D eigenvalue weighted by Crippen LogP contribution is -2.72. The molecule has 1 saturated heterocycles. The van der Waals surface area contributed by atoms with E-state index in [1.165, 1.54) is 5.56 Å². The quantitative estimate of drug-likeness (QED) is 0.566. The Hall–Kier alpha value is -1.10. The van der Waals surface area contributed by atoms with Crippen LogP contribution in [-0.2, 0) is 11.8 Å². The van der Waals surface area contributed by atoms with Gasteiger partial charge in [-0.3, -0.25) is 0 Å². The first-order valence-corrected chi connectivity index (χ1v) is 7.51. The van der Waals surface area contributed by atoms with Crippen molar-refractivity contribution >= 4 is 0 Å². The average Bonchev–Trinajstić information content (AvgIpc) is 2.41. The molecule has 0 spiro atoms. The van der Waals surface area contributed by atoms with Crippen molar-refractivity contribution in [3.63, 3.8) is 0 Å². The number of aliphatic hydroxyl groups excluding tert-OH is 1. The lowest BCUT2D eigenvalue weighted by molar-refractivity contribution is -0.146. The molecule has 3 aliphatic rings. The van der Waals surface area contributed by atoms with Gasteiger partial charge in [0.15, 0.2) is 0 Å². The van der Waals surface area contributed by atoms with Crippen molar-refractivity contribution in [1.82, 2.24) is 5.32 Å². The van der Waals surface area contributed by atoms with Gasteiger partial charge in [-0.1, -0.05) is 6.07 Å². The number of phenolic OH excluding ortho intramolecular Hbond substituents is 1. The van der Waals surface area contributed by atoms with Gasteiger partial charge in [-0.2, -0.15) is 0 Å². The van der Waals surface area contributed by atoms with E-state index in [4.69, 9.17) is 0 Å². The number of hydrogen-bond acceptors (Lipinski definition) is 4. The maximum absolute atomic E-state index is 11.4. The summed E-state index contributed by atoms with van der Waals surface area (Å²) < 4.78 is 0. The van der Waals surface area contributed by atoms with Crippen molar-refractivity contribution in [3.8, 4) is 5.75 Å². The van der Waals surface area contributed by atoms with E-state index in [9.17, 15) is 15.3 Å². The van der Waals surface area contributed by atoms with Gasteiger partial charge in [-0.15, -0.1) is 0 Å². The first-order valence-electron chi connectivity index (χ1n) is 7.51. The van der Waals surface area contributed by atoms with Gasteiger partial charge in [0.25, 0.3) is 0 Å². The van der Waals surface area contributed by atoms with Crippen molar-refractivity contribution in [2.75, 3.05) is 6.54 Å². The zero-order valence-electron chi connectivity index (χ0n) is 11.5. The number of hydrogen-bond donors (Lipinski definition) is 4. The summed E-state index contributed by atoms with van der Waals surface area (Å²) in [6.07, 6.45) is 3.13. The minimum Gasteiger partial charge on any atom is -0.508 e. The molecule has 4 atom stereocenters. The maximum atomic E-state index is 11.4. The molecule has 1 unspecified atom stereocenters. The van der Waals surface area contributed by atoms with Crippen LogP contribution >= 0.6 is 0 Å². The van der Waals surface area contributed by atoms with Gasteiger partial charge in [-0.05, 0) is 61.9 Å². The second kappa shape index (κ2) is 3.97. The highest BCUT2D eigenvalue weighted by molar-refractivity contribution is 5.48. The molecule has 1 aromatic carbocycles. The summed E-state index contributed by atoms with van der Waals surface area (Å²) in [4.78, 5) is 0. The Morgan fingerprint density at radius 1 is 1.25 bits per heavy atom. The van der Waals surface area contributed by atoms with Crippen LogP contribution in [0.5, 0.6) is 5.75 Å². The fraction of sp³-hybridized carbons (Fsp3) is 0.625. The van der Waals surface area contributed by atoms with E-state index in [1.54, 1.807) is 12.1 Å². The molecular weight excluding hydrogens is 254 g/mol. The summed E-state index contributed by atoms with van der Waals surface area (Å²) in [6, 6.07) is 5.54. The summed E-state index contributed by atoms with van der Waals surface area (Å²) in [5.74, 6) is 0.248. The van der Waals surface area contributed by atoms with Crippen molar-refractivity contribution in [3.05, 3.63) is 29.3 Å². The van der Waals surface area contributed by atoms with Crippen molar-refractivity contribution < 1.29 is 15.3 Å². The standard InChI is InChI=1S/C16H21NO3/c18-11-2-1-10-7-14-16(20)4-3-12(19)9-15(16,5-6-17-14)13(10)8-11/h1-2,8,12,14,17-20H,3-7,9H2/t12?,14-,15-,16-/m1/s1. The molecule has 2 bridgehead atoms. The molecule has 0 radical (unpaired) electrons. The van der Waals surface area contributed by atoms with Crippen LogP contribution in [0.15, 0.2) is 18.2 Å². The molecule has 2 fully saturated rings. The lowest BCUT2D eigenvalue weighted by atomic mass is 9.49. The molecule has 1 heterocycles. The first-order chi connectivity index (χ1) is 9.55. The van der Waals surface area contributed by atoms with Crippen LogP contribution in [0.4, 0.5) is 0 Å². The molecule has 108 valence electrons. The van der Waals surface area contributed by atoms with E-state index in [0.29, 0.717) is 19.3 Å². The van der Waals surface area contributed by atoms with Gasteiger partial charge in [-0.25, -0.2) is 0 Å². The third kappa shape index (κ3) is 1.42. The summed E-state index contributed by atoms with van der Waals surface area (Å²) in [5, 5.41) is 34.9. The molecule has 0 amide bonds. The third-order valence-electron chi connectivity index (χ3n) is 5.82. The molecule has 1 saturated carbocycles. The van der Waals surface area contributed by atoms with Gasteiger partial charge >= 0.3 is 0 Å². The van der Waals surface area contributed by atoms with Gasteiger partial charge in [0, 0.05) is 11.5 Å². The molecule has 1 aromatic rings. The maximum Gasteiger partial charge on any atom is 0.115 e. The average molecular weight is 275 g/mol. The number of benzene rings is 1. The van der Waals surface area contributed by atoms with Crippen molar-refractivity contribution in [2.45, 2.75) is 55.3 Å². The fourth-order valence-corrected chi connectivity index (χ4v) is 4.89. The van der Waals surface area contributed by atoms with Gasteiger partial charge < -0.3 is 20.6 Å². The molecule has 20 heavy (non-hydrogen) atoms. The second-order valence-corrected chi connectivity index (χ2v) is 6.71. The van der Waals surface area contributed by atoms with Crippen LogP contribution < -0.4 is 5.32 Å². The minimum atomic E-state index is -0.800. The molecule has 0 aromatic heterocycles. The van der Waals surface area contributed by atoms with Crippen LogP contribution in [0.1, 0.15) is 36.8 Å². The summed E-state index contributed by atoms with van der Waals surface area (Å²) in [5.41, 5.74) is 1.04. The Morgan fingerprint density at radius 3 is 2.95 bits per heavy atom. The van der Waals surface area contributed by atoms with Crippen LogP contribution in [0.3, 0.4) is 0 Å². The van der Waals surface area contributed by atoms with Gasteiger partial charge in [0.05, 0.1) is 11.7 Å². The monoisotopic (exact) mass is 275 g/mol. The zero-order valence-corrected chi connectivity index (χ0v) is 11.5. The molecule has 1 aliphatic heterocycles. The Balaban J connectivity index is 1.95.